The molecule has 0 N–H and O–H groups in total. The Kier molecular flexibility index (Phi) is 3.50. The summed E-state index contributed by atoms with van der Waals surface area (Å²) < 4.78 is 5.29. The maximum atomic E-state index is 13.2. The van der Waals surface area contributed by atoms with Crippen molar-refractivity contribution in [3.63, 3.8) is 0 Å². The first kappa shape index (κ1) is 18.3. The molecule has 0 heterocycles. The van der Waals surface area contributed by atoms with Gasteiger partial charge < -0.3 is 4.74 Å². The van der Waals surface area contributed by atoms with Crippen LogP contribution >= 0.6 is 23.2 Å². The fourth-order valence-corrected chi connectivity index (χ4v) is 6.26. The van der Waals surface area contributed by atoms with E-state index in [2.05, 4.69) is 12.1 Å². The Labute approximate surface area is 192 Å². The number of methoxy groups -OCH3 is 1. The zero-order valence-electron chi connectivity index (χ0n) is 16.9. The number of ether oxygens (including phenoxy) is 1. The molecule has 0 spiro atoms. The molecule has 0 radical (unpaired) electrons. The lowest BCUT2D eigenvalue weighted by Crippen LogP contribution is -2.05. The van der Waals surface area contributed by atoms with Gasteiger partial charge in [-0.05, 0) is 60.8 Å². The van der Waals surface area contributed by atoms with Crippen LogP contribution in [0.2, 0.25) is 10.0 Å². The average molecular weight is 453 g/mol. The van der Waals surface area contributed by atoms with Crippen molar-refractivity contribution in [2.75, 3.05) is 7.11 Å². The topological polar surface area (TPSA) is 26.3 Å². The monoisotopic (exact) mass is 452 g/mol. The molecule has 0 aliphatic rings. The van der Waals surface area contributed by atoms with Crippen molar-refractivity contribution in [3.8, 4) is 11.1 Å². The summed E-state index contributed by atoms with van der Waals surface area (Å²) in [7, 11) is 1.43. The van der Waals surface area contributed by atoms with E-state index in [4.69, 9.17) is 27.9 Å². The van der Waals surface area contributed by atoms with Gasteiger partial charge in [0.2, 0.25) is 0 Å². The third-order valence-electron chi connectivity index (χ3n) is 6.76. The minimum absolute atomic E-state index is 0.343. The van der Waals surface area contributed by atoms with E-state index in [1.807, 2.05) is 54.6 Å². The second kappa shape index (κ2) is 6.13. The largest absolute Gasteiger partial charge is 0.465 e. The lowest BCUT2D eigenvalue weighted by atomic mass is 9.87. The lowest BCUT2D eigenvalue weighted by molar-refractivity contribution is 0.0604. The number of benzene rings is 6. The number of esters is 1. The number of hydrogen-bond acceptors (Lipinski definition) is 2. The Morgan fingerprint density at radius 2 is 1.28 bits per heavy atom. The van der Waals surface area contributed by atoms with E-state index in [0.717, 1.165) is 65.0 Å². The average Bonchev–Trinajstić information content (AvgIpc) is 3.17. The molecule has 7 rings (SSSR count). The van der Waals surface area contributed by atoms with Gasteiger partial charge in [-0.2, -0.15) is 0 Å². The second-order valence-corrected chi connectivity index (χ2v) is 9.06. The van der Waals surface area contributed by atoms with Crippen LogP contribution in [0.3, 0.4) is 0 Å². The highest BCUT2D eigenvalue weighted by atomic mass is 35.5. The van der Waals surface area contributed by atoms with Gasteiger partial charge in [0.05, 0.1) is 22.7 Å². The molecule has 7 aromatic rings. The van der Waals surface area contributed by atoms with Gasteiger partial charge >= 0.3 is 5.97 Å². The molecule has 0 amide bonds. The van der Waals surface area contributed by atoms with E-state index in [-0.39, 0.29) is 5.97 Å². The summed E-state index contributed by atoms with van der Waals surface area (Å²) in [5.41, 5.74) is 2.46. The van der Waals surface area contributed by atoms with Gasteiger partial charge in [-0.1, -0.05) is 77.8 Å². The van der Waals surface area contributed by atoms with Crippen LogP contribution in [0.25, 0.3) is 65.0 Å². The third kappa shape index (κ3) is 2.05. The molecule has 0 aliphatic heterocycles. The summed E-state index contributed by atoms with van der Waals surface area (Å²) >= 11 is 13.4. The van der Waals surface area contributed by atoms with Gasteiger partial charge in [-0.15, -0.1) is 0 Å². The van der Waals surface area contributed by atoms with Gasteiger partial charge in [0, 0.05) is 16.3 Å². The zero-order valence-corrected chi connectivity index (χ0v) is 18.4. The van der Waals surface area contributed by atoms with Crippen molar-refractivity contribution >= 4 is 83.0 Å². The molecule has 0 atom stereocenters. The van der Waals surface area contributed by atoms with Crippen LogP contribution in [-0.4, -0.2) is 13.1 Å². The summed E-state index contributed by atoms with van der Waals surface area (Å²) in [6, 6.07) is 22.2. The lowest BCUT2D eigenvalue weighted by Gasteiger charge is -2.16. The Balaban J connectivity index is 1.89. The SMILES string of the molecule is COC(=O)c1c(-c2ccccc2)c2ccc3cc(Cl)c4c(Cl)cc5ccc1c1c5c4c3c21. The second-order valence-electron chi connectivity index (χ2n) is 8.25. The fourth-order valence-electron chi connectivity index (χ4n) is 5.59. The molecule has 4 heteroatoms. The van der Waals surface area contributed by atoms with Crippen molar-refractivity contribution in [1.82, 2.24) is 0 Å². The van der Waals surface area contributed by atoms with Crippen LogP contribution in [0.4, 0.5) is 0 Å². The third-order valence-corrected chi connectivity index (χ3v) is 7.35. The summed E-state index contributed by atoms with van der Waals surface area (Å²) in [4.78, 5) is 13.2. The van der Waals surface area contributed by atoms with E-state index in [1.165, 1.54) is 7.11 Å². The quantitative estimate of drug-likeness (QED) is 0.194. The standard InChI is InChI=1S/C28H14Cl2O2/c1-32-28(31)25-17-10-8-15-12-19(30)26-18(29)11-14-7-9-16(20(25)13-5-3-2-4-6-13)23-21(14)27(26)22(15)24(17)23/h2-12H,1H3. The first-order valence-electron chi connectivity index (χ1n) is 10.3. The molecule has 32 heavy (non-hydrogen) atoms. The summed E-state index contributed by atoms with van der Waals surface area (Å²) in [5, 5.41) is 11.7. The molecule has 152 valence electrons. The van der Waals surface area contributed by atoms with E-state index in [0.29, 0.717) is 15.6 Å². The Morgan fingerprint density at radius 3 is 1.91 bits per heavy atom. The molecule has 0 fully saturated rings. The van der Waals surface area contributed by atoms with Gasteiger partial charge in [-0.3, -0.25) is 0 Å². The summed E-state index contributed by atoms with van der Waals surface area (Å²) in [6.07, 6.45) is 0. The van der Waals surface area contributed by atoms with Crippen LogP contribution in [0.1, 0.15) is 10.4 Å². The Bertz CT molecular complexity index is 1830. The highest BCUT2D eigenvalue weighted by Crippen LogP contribution is 2.54. The van der Waals surface area contributed by atoms with E-state index < -0.39 is 0 Å². The molecule has 7 aromatic carbocycles. The van der Waals surface area contributed by atoms with Crippen molar-refractivity contribution < 1.29 is 9.53 Å². The minimum Gasteiger partial charge on any atom is -0.465 e. The molecule has 0 aliphatic carbocycles. The molecule has 0 bridgehead atoms. The molecular formula is C28H14Cl2O2. The highest BCUT2D eigenvalue weighted by molar-refractivity contribution is 6.53. The Hall–Kier alpha value is -3.33. The van der Waals surface area contributed by atoms with Crippen LogP contribution in [-0.2, 0) is 4.74 Å². The van der Waals surface area contributed by atoms with Crippen molar-refractivity contribution in [3.05, 3.63) is 82.3 Å². The van der Waals surface area contributed by atoms with Crippen LogP contribution < -0.4 is 0 Å². The van der Waals surface area contributed by atoms with Crippen molar-refractivity contribution in [2.24, 2.45) is 0 Å². The normalized spacial score (nSPS) is 12.3. The number of carbonyl (C=O) groups is 1. The number of carbonyl (C=O) groups excluding carboxylic acids is 1. The number of hydrogen-bond donors (Lipinski definition) is 0. The molecule has 2 nitrogen and oxygen atoms in total. The van der Waals surface area contributed by atoms with Crippen LogP contribution in [0.5, 0.6) is 0 Å². The van der Waals surface area contributed by atoms with Crippen LogP contribution in [0, 0.1) is 0 Å². The Morgan fingerprint density at radius 1 is 0.688 bits per heavy atom. The van der Waals surface area contributed by atoms with Gasteiger partial charge in [-0.25, -0.2) is 4.79 Å². The van der Waals surface area contributed by atoms with Gasteiger partial charge in [0.25, 0.3) is 0 Å². The van der Waals surface area contributed by atoms with Gasteiger partial charge in [0.15, 0.2) is 0 Å². The van der Waals surface area contributed by atoms with E-state index in [9.17, 15) is 4.79 Å². The first-order chi connectivity index (χ1) is 15.6. The van der Waals surface area contributed by atoms with Gasteiger partial charge in [0.1, 0.15) is 0 Å². The molecule has 0 saturated heterocycles. The van der Waals surface area contributed by atoms with E-state index in [1.54, 1.807) is 0 Å². The maximum Gasteiger partial charge on any atom is 0.339 e. The van der Waals surface area contributed by atoms with Crippen molar-refractivity contribution in [1.29, 1.82) is 0 Å². The predicted molar refractivity (Wildman–Crippen MR) is 134 cm³/mol. The first-order valence-corrected chi connectivity index (χ1v) is 11.1. The summed E-state index contributed by atoms with van der Waals surface area (Å²) in [5.74, 6) is -0.343. The molecule has 0 aromatic heterocycles. The molecular weight excluding hydrogens is 439 g/mol. The van der Waals surface area contributed by atoms with Crippen molar-refractivity contribution in [2.45, 2.75) is 0 Å². The predicted octanol–water partition coefficient (Wildman–Crippen LogP) is 8.53. The molecule has 0 unspecified atom stereocenters. The minimum atomic E-state index is -0.343. The summed E-state index contributed by atoms with van der Waals surface area (Å²) in [6.45, 7) is 0. The zero-order chi connectivity index (χ0) is 21.7. The number of halogens is 2. The fraction of sp³-hybridized carbons (Fsp3) is 0.0357. The molecule has 0 saturated carbocycles. The van der Waals surface area contributed by atoms with E-state index >= 15 is 0 Å². The number of rotatable bonds is 2. The maximum absolute atomic E-state index is 13.2. The highest BCUT2D eigenvalue weighted by Gasteiger charge is 2.29. The van der Waals surface area contributed by atoms with Crippen LogP contribution in [0.15, 0.2) is 66.7 Å². The smallest absolute Gasteiger partial charge is 0.339 e.